The van der Waals surface area contributed by atoms with E-state index in [0.29, 0.717) is 17.1 Å². The van der Waals surface area contributed by atoms with Gasteiger partial charge in [-0.25, -0.2) is 4.79 Å². The fraction of sp³-hybridized carbons (Fsp3) is 0.452. The number of fused-ring (bicyclic) bond motifs is 1. The van der Waals surface area contributed by atoms with Gasteiger partial charge in [-0.3, -0.25) is 0 Å². The lowest BCUT2D eigenvalue weighted by atomic mass is 10.1. The van der Waals surface area contributed by atoms with Crippen LogP contribution in [0.15, 0.2) is 46.4 Å². The van der Waals surface area contributed by atoms with Gasteiger partial charge in [0, 0.05) is 22.6 Å². The van der Waals surface area contributed by atoms with E-state index in [1.54, 1.807) is 26.2 Å². The Morgan fingerprint density at radius 2 is 1.36 bits per heavy atom. The van der Waals surface area contributed by atoms with E-state index in [0.717, 1.165) is 28.0 Å². The van der Waals surface area contributed by atoms with Gasteiger partial charge >= 0.3 is 5.97 Å². The van der Waals surface area contributed by atoms with Gasteiger partial charge in [0.2, 0.25) is 16.6 Å². The van der Waals surface area contributed by atoms with Crippen LogP contribution in [0.2, 0.25) is 36.3 Å². The zero-order valence-electron chi connectivity index (χ0n) is 25.5. The van der Waals surface area contributed by atoms with Crippen LogP contribution in [0, 0.1) is 0 Å². The maximum atomic E-state index is 11.4. The van der Waals surface area contributed by atoms with Crippen LogP contribution in [-0.4, -0.2) is 34.8 Å². The molecule has 0 spiro atoms. The monoisotopic (exact) mass is 568 g/mol. The van der Waals surface area contributed by atoms with Crippen LogP contribution in [0.25, 0.3) is 28.4 Å². The quantitative estimate of drug-likeness (QED) is 0.215. The van der Waals surface area contributed by atoms with Crippen molar-refractivity contribution in [3.05, 3.63) is 47.5 Å². The van der Waals surface area contributed by atoms with Gasteiger partial charge in [-0.1, -0.05) is 41.5 Å². The van der Waals surface area contributed by atoms with Crippen LogP contribution in [0.5, 0.6) is 17.2 Å². The fourth-order valence-electron chi connectivity index (χ4n) is 3.56. The molecule has 3 aromatic rings. The standard InChI is InChI=1S/C31H44O6Si2/c1-20(29(32)33)13-21-14-23-18-26(35-28(23)27(15-21)34-8)22-16-24(36-38(9,10)30(2,3)4)19-25(17-22)37-39(11,12)31(5,6)7/h13-19H,1-12H3,(H,32,33)/b20-13+. The van der Waals surface area contributed by atoms with Crippen LogP contribution < -0.4 is 13.6 Å². The number of rotatable bonds is 8. The van der Waals surface area contributed by atoms with Crippen LogP contribution >= 0.6 is 0 Å². The molecule has 0 amide bonds. The van der Waals surface area contributed by atoms with Crippen molar-refractivity contribution in [2.75, 3.05) is 7.11 Å². The van der Waals surface area contributed by atoms with Gasteiger partial charge in [-0.15, -0.1) is 0 Å². The number of hydrogen-bond donors (Lipinski definition) is 1. The number of aliphatic carboxylic acids is 1. The van der Waals surface area contributed by atoms with Gasteiger partial charge in [0.15, 0.2) is 11.3 Å². The molecule has 2 aromatic carbocycles. The van der Waals surface area contributed by atoms with E-state index in [2.05, 4.69) is 67.7 Å². The predicted octanol–water partition coefficient (Wildman–Crippen LogP) is 9.36. The first-order valence-corrected chi connectivity index (χ1v) is 19.1. The minimum absolute atomic E-state index is 0.0359. The molecule has 0 fully saturated rings. The second kappa shape index (κ2) is 10.5. The molecule has 0 saturated heterocycles. The number of hydrogen-bond acceptors (Lipinski definition) is 5. The number of methoxy groups -OCH3 is 1. The number of ether oxygens (including phenoxy) is 1. The second-order valence-electron chi connectivity index (χ2n) is 13.3. The van der Waals surface area contributed by atoms with Crippen molar-refractivity contribution in [3.63, 3.8) is 0 Å². The fourth-order valence-corrected chi connectivity index (χ4v) is 5.59. The molecule has 212 valence electrons. The lowest BCUT2D eigenvalue weighted by Gasteiger charge is -2.38. The minimum Gasteiger partial charge on any atom is -0.543 e. The van der Waals surface area contributed by atoms with Crippen molar-refractivity contribution in [3.8, 4) is 28.6 Å². The van der Waals surface area contributed by atoms with Crippen molar-refractivity contribution < 1.29 is 27.9 Å². The SMILES string of the molecule is COc1cc(/C=C(\C)C(=O)O)cc2cc(-c3cc(O[Si](C)(C)C(C)(C)C)cc(O[Si](C)(C)C(C)(C)C)c3)oc12. The largest absolute Gasteiger partial charge is 0.543 e. The molecule has 8 heteroatoms. The average molecular weight is 569 g/mol. The van der Waals surface area contributed by atoms with Crippen molar-refractivity contribution in [1.82, 2.24) is 0 Å². The highest BCUT2D eigenvalue weighted by Gasteiger charge is 2.40. The molecule has 0 aliphatic rings. The Bertz CT molecular complexity index is 1350. The van der Waals surface area contributed by atoms with Gasteiger partial charge in [-0.2, -0.15) is 0 Å². The van der Waals surface area contributed by atoms with E-state index < -0.39 is 22.6 Å². The average Bonchev–Trinajstić information content (AvgIpc) is 3.20. The number of carboxylic acids is 1. The molecule has 1 heterocycles. The van der Waals surface area contributed by atoms with Gasteiger partial charge in [0.05, 0.1) is 7.11 Å². The Morgan fingerprint density at radius 3 is 1.79 bits per heavy atom. The zero-order valence-corrected chi connectivity index (χ0v) is 27.5. The summed E-state index contributed by atoms with van der Waals surface area (Å²) in [6.45, 7) is 23.8. The summed E-state index contributed by atoms with van der Waals surface area (Å²) in [5.41, 5.74) is 2.41. The van der Waals surface area contributed by atoms with Gasteiger partial charge in [0.1, 0.15) is 17.3 Å². The molecule has 0 bridgehead atoms. The van der Waals surface area contributed by atoms with E-state index in [4.69, 9.17) is 18.0 Å². The summed E-state index contributed by atoms with van der Waals surface area (Å²) in [6.07, 6.45) is 1.62. The number of benzene rings is 2. The third-order valence-corrected chi connectivity index (χ3v) is 16.8. The first-order valence-electron chi connectivity index (χ1n) is 13.3. The third-order valence-electron chi connectivity index (χ3n) is 8.07. The molecule has 3 rings (SSSR count). The maximum Gasteiger partial charge on any atom is 0.331 e. The normalized spacial score (nSPS) is 13.5. The van der Waals surface area contributed by atoms with Crippen LogP contribution in [-0.2, 0) is 4.79 Å². The second-order valence-corrected chi connectivity index (χ2v) is 22.8. The van der Waals surface area contributed by atoms with Crippen LogP contribution in [0.3, 0.4) is 0 Å². The Morgan fingerprint density at radius 1 is 0.846 bits per heavy atom. The summed E-state index contributed by atoms with van der Waals surface area (Å²) in [5, 5.41) is 10.2. The summed E-state index contributed by atoms with van der Waals surface area (Å²) >= 11 is 0. The smallest absolute Gasteiger partial charge is 0.331 e. The van der Waals surface area contributed by atoms with Crippen molar-refractivity contribution in [2.45, 2.75) is 84.7 Å². The first kappa shape index (κ1) is 30.6. The summed E-state index contributed by atoms with van der Waals surface area (Å²) < 4.78 is 25.4. The molecule has 0 radical (unpaired) electrons. The van der Waals surface area contributed by atoms with E-state index in [1.807, 2.05) is 30.3 Å². The lowest BCUT2D eigenvalue weighted by Crippen LogP contribution is -2.44. The molecule has 0 saturated carbocycles. The first-order chi connectivity index (χ1) is 17.7. The highest BCUT2D eigenvalue weighted by atomic mass is 28.4. The van der Waals surface area contributed by atoms with Crippen LogP contribution in [0.1, 0.15) is 54.0 Å². The van der Waals surface area contributed by atoms with Crippen molar-refractivity contribution in [2.24, 2.45) is 0 Å². The maximum absolute atomic E-state index is 11.4. The Kier molecular flexibility index (Phi) is 8.26. The number of carbonyl (C=O) groups is 1. The molecule has 0 aliphatic carbocycles. The Balaban J connectivity index is 2.19. The summed E-state index contributed by atoms with van der Waals surface area (Å²) in [4.78, 5) is 11.4. The van der Waals surface area contributed by atoms with Crippen molar-refractivity contribution in [1.29, 1.82) is 0 Å². The molecule has 0 aliphatic heterocycles. The molecule has 0 unspecified atom stereocenters. The zero-order chi connectivity index (χ0) is 29.6. The van der Waals surface area contributed by atoms with Crippen LogP contribution in [0.4, 0.5) is 0 Å². The Hall–Kier alpha value is -2.98. The third kappa shape index (κ3) is 6.79. The topological polar surface area (TPSA) is 78.1 Å². The van der Waals surface area contributed by atoms with E-state index in [-0.39, 0.29) is 15.6 Å². The predicted molar refractivity (Wildman–Crippen MR) is 165 cm³/mol. The minimum atomic E-state index is -2.12. The summed E-state index contributed by atoms with van der Waals surface area (Å²) in [6, 6.07) is 11.7. The molecule has 6 nitrogen and oxygen atoms in total. The summed E-state index contributed by atoms with van der Waals surface area (Å²) in [7, 11) is -2.66. The summed E-state index contributed by atoms with van der Waals surface area (Å²) in [5.74, 6) is 1.76. The van der Waals surface area contributed by atoms with E-state index >= 15 is 0 Å². The lowest BCUT2D eigenvalue weighted by molar-refractivity contribution is -0.132. The van der Waals surface area contributed by atoms with Gasteiger partial charge in [-0.05, 0) is 85.2 Å². The molecule has 39 heavy (non-hydrogen) atoms. The highest BCUT2D eigenvalue weighted by Crippen LogP contribution is 2.43. The molecule has 1 N–H and O–H groups in total. The highest BCUT2D eigenvalue weighted by molar-refractivity contribution is 6.75. The van der Waals surface area contributed by atoms with Gasteiger partial charge in [0.25, 0.3) is 0 Å². The molecule has 0 atom stereocenters. The van der Waals surface area contributed by atoms with E-state index in [1.165, 1.54) is 0 Å². The van der Waals surface area contributed by atoms with Crippen molar-refractivity contribution >= 4 is 39.6 Å². The molecular weight excluding hydrogens is 525 g/mol. The number of carboxylic acid groups (broad SMARTS) is 1. The van der Waals surface area contributed by atoms with E-state index in [9.17, 15) is 9.90 Å². The number of furan rings is 1. The molecule has 1 aromatic heterocycles. The Labute approximate surface area is 235 Å². The molecular formula is C31H44O6Si2. The van der Waals surface area contributed by atoms with Gasteiger partial charge < -0.3 is 23.1 Å².